The average Bonchev–Trinajstić information content (AvgIpc) is 3.20. The predicted octanol–water partition coefficient (Wildman–Crippen LogP) is 4.33. The van der Waals surface area contributed by atoms with Crippen molar-refractivity contribution in [2.75, 3.05) is 12.4 Å². The SMILES string of the molecule is COc1ccc(NC(=O)[C@H](C)n2cnc3scc(-c4ccccc4)c3c2=O)cc1. The lowest BCUT2D eigenvalue weighted by Crippen LogP contribution is -2.31. The summed E-state index contributed by atoms with van der Waals surface area (Å²) < 4.78 is 6.50. The zero-order chi connectivity index (χ0) is 20.4. The fraction of sp³-hybridized carbons (Fsp3) is 0.136. The van der Waals surface area contributed by atoms with E-state index >= 15 is 0 Å². The lowest BCUT2D eigenvalue weighted by atomic mass is 10.1. The molecule has 0 aliphatic carbocycles. The van der Waals surface area contributed by atoms with E-state index in [1.807, 2.05) is 35.7 Å². The highest BCUT2D eigenvalue weighted by molar-refractivity contribution is 7.17. The first-order chi connectivity index (χ1) is 14.1. The Labute approximate surface area is 171 Å². The van der Waals surface area contributed by atoms with Crippen molar-refractivity contribution in [1.82, 2.24) is 9.55 Å². The molecule has 0 fully saturated rings. The van der Waals surface area contributed by atoms with Gasteiger partial charge in [0.2, 0.25) is 5.91 Å². The molecule has 0 saturated heterocycles. The minimum absolute atomic E-state index is 0.229. The van der Waals surface area contributed by atoms with Crippen LogP contribution in [0.1, 0.15) is 13.0 Å². The number of hydrogen-bond donors (Lipinski definition) is 1. The fourth-order valence-corrected chi connectivity index (χ4v) is 4.01. The van der Waals surface area contributed by atoms with Gasteiger partial charge in [-0.1, -0.05) is 30.3 Å². The molecule has 146 valence electrons. The average molecular weight is 405 g/mol. The minimum atomic E-state index is -0.718. The van der Waals surface area contributed by atoms with Gasteiger partial charge in [0.15, 0.2) is 0 Å². The second-order valence-corrected chi connectivity index (χ2v) is 7.40. The summed E-state index contributed by atoms with van der Waals surface area (Å²) in [6.07, 6.45) is 1.44. The van der Waals surface area contributed by atoms with E-state index in [0.717, 1.165) is 11.1 Å². The van der Waals surface area contributed by atoms with Crippen molar-refractivity contribution in [3.63, 3.8) is 0 Å². The molecule has 0 saturated carbocycles. The number of ether oxygens (including phenoxy) is 1. The highest BCUT2D eigenvalue weighted by Gasteiger charge is 2.20. The molecular weight excluding hydrogens is 386 g/mol. The van der Waals surface area contributed by atoms with Crippen LogP contribution in [-0.2, 0) is 4.79 Å². The second kappa shape index (κ2) is 7.89. The molecule has 0 bridgehead atoms. The Balaban J connectivity index is 1.67. The van der Waals surface area contributed by atoms with Crippen molar-refractivity contribution in [2.24, 2.45) is 0 Å². The van der Waals surface area contributed by atoms with E-state index in [1.54, 1.807) is 38.3 Å². The van der Waals surface area contributed by atoms with E-state index < -0.39 is 6.04 Å². The number of anilines is 1. The van der Waals surface area contributed by atoms with Gasteiger partial charge in [-0.2, -0.15) is 0 Å². The summed E-state index contributed by atoms with van der Waals surface area (Å²) in [5.74, 6) is 0.405. The number of carbonyl (C=O) groups is 1. The number of nitrogens with one attached hydrogen (secondary N) is 1. The summed E-state index contributed by atoms with van der Waals surface area (Å²) in [6.45, 7) is 1.68. The van der Waals surface area contributed by atoms with Gasteiger partial charge in [-0.25, -0.2) is 4.98 Å². The molecule has 1 amide bonds. The van der Waals surface area contributed by atoms with Gasteiger partial charge in [0.1, 0.15) is 16.6 Å². The lowest BCUT2D eigenvalue weighted by Gasteiger charge is -2.15. The Hall–Kier alpha value is -3.45. The molecule has 2 aromatic carbocycles. The van der Waals surface area contributed by atoms with Crippen molar-refractivity contribution in [2.45, 2.75) is 13.0 Å². The van der Waals surface area contributed by atoms with E-state index in [-0.39, 0.29) is 11.5 Å². The number of hydrogen-bond acceptors (Lipinski definition) is 5. The highest BCUT2D eigenvalue weighted by atomic mass is 32.1. The molecule has 0 aliphatic heterocycles. The first-order valence-corrected chi connectivity index (χ1v) is 9.95. The highest BCUT2D eigenvalue weighted by Crippen LogP contribution is 2.30. The predicted molar refractivity (Wildman–Crippen MR) is 116 cm³/mol. The summed E-state index contributed by atoms with van der Waals surface area (Å²) in [4.78, 5) is 31.0. The number of amides is 1. The normalized spacial score (nSPS) is 11.9. The Morgan fingerprint density at radius 3 is 2.55 bits per heavy atom. The standard InChI is InChI=1S/C22H19N3O3S/c1-14(20(26)24-16-8-10-17(28-2)11-9-16)25-13-23-21-19(22(25)27)18(12-29-21)15-6-4-3-5-7-15/h3-14H,1-2H3,(H,24,26)/t14-/m0/s1. The molecule has 1 N–H and O–H groups in total. The molecule has 4 aromatic rings. The van der Waals surface area contributed by atoms with Gasteiger partial charge in [-0.05, 0) is 36.8 Å². The number of aromatic nitrogens is 2. The fourth-order valence-electron chi connectivity index (χ4n) is 3.10. The van der Waals surface area contributed by atoms with E-state index in [9.17, 15) is 9.59 Å². The number of fused-ring (bicyclic) bond motifs is 1. The van der Waals surface area contributed by atoms with Crippen LogP contribution in [0.2, 0.25) is 0 Å². The van der Waals surface area contributed by atoms with Crippen LogP contribution in [0.15, 0.2) is 71.1 Å². The first-order valence-electron chi connectivity index (χ1n) is 9.07. The molecule has 0 unspecified atom stereocenters. The molecule has 7 heteroatoms. The number of methoxy groups -OCH3 is 1. The molecule has 2 heterocycles. The van der Waals surface area contributed by atoms with Gasteiger partial charge in [0.25, 0.3) is 5.56 Å². The largest absolute Gasteiger partial charge is 0.497 e. The van der Waals surface area contributed by atoms with Crippen molar-refractivity contribution in [3.05, 3.63) is 76.7 Å². The minimum Gasteiger partial charge on any atom is -0.497 e. The Morgan fingerprint density at radius 1 is 1.14 bits per heavy atom. The van der Waals surface area contributed by atoms with Crippen LogP contribution < -0.4 is 15.6 Å². The zero-order valence-electron chi connectivity index (χ0n) is 16.0. The lowest BCUT2D eigenvalue weighted by molar-refractivity contribution is -0.118. The van der Waals surface area contributed by atoms with Crippen molar-refractivity contribution in [1.29, 1.82) is 0 Å². The molecule has 6 nitrogen and oxygen atoms in total. The Bertz CT molecular complexity index is 1210. The first kappa shape index (κ1) is 18.9. The smallest absolute Gasteiger partial charge is 0.263 e. The van der Waals surface area contributed by atoms with Gasteiger partial charge in [-0.15, -0.1) is 11.3 Å². The van der Waals surface area contributed by atoms with Crippen molar-refractivity contribution in [3.8, 4) is 16.9 Å². The van der Waals surface area contributed by atoms with Crippen LogP contribution in [0.25, 0.3) is 21.3 Å². The van der Waals surface area contributed by atoms with Crippen LogP contribution in [0, 0.1) is 0 Å². The van der Waals surface area contributed by atoms with Gasteiger partial charge in [0, 0.05) is 16.6 Å². The maximum Gasteiger partial charge on any atom is 0.263 e. The number of rotatable bonds is 5. The summed E-state index contributed by atoms with van der Waals surface area (Å²) >= 11 is 1.42. The van der Waals surface area contributed by atoms with Gasteiger partial charge >= 0.3 is 0 Å². The third-order valence-electron chi connectivity index (χ3n) is 4.76. The summed E-state index contributed by atoms with van der Waals surface area (Å²) in [5.41, 5.74) is 2.18. The van der Waals surface area contributed by atoms with Crippen molar-refractivity contribution >= 4 is 33.1 Å². The molecule has 29 heavy (non-hydrogen) atoms. The van der Waals surface area contributed by atoms with Gasteiger partial charge in [-0.3, -0.25) is 14.2 Å². The third kappa shape index (κ3) is 3.64. The van der Waals surface area contributed by atoms with Crippen LogP contribution in [0.5, 0.6) is 5.75 Å². The third-order valence-corrected chi connectivity index (χ3v) is 5.64. The van der Waals surface area contributed by atoms with Gasteiger partial charge < -0.3 is 10.1 Å². The van der Waals surface area contributed by atoms with Crippen LogP contribution in [-0.4, -0.2) is 22.6 Å². The van der Waals surface area contributed by atoms with Crippen LogP contribution in [0.4, 0.5) is 5.69 Å². The molecule has 0 aliphatic rings. The van der Waals surface area contributed by atoms with Crippen LogP contribution >= 0.6 is 11.3 Å². The molecule has 4 rings (SSSR count). The van der Waals surface area contributed by atoms with Crippen molar-refractivity contribution < 1.29 is 9.53 Å². The number of carbonyl (C=O) groups excluding carboxylic acids is 1. The van der Waals surface area contributed by atoms with Crippen LogP contribution in [0.3, 0.4) is 0 Å². The molecule has 2 aromatic heterocycles. The Morgan fingerprint density at radius 2 is 1.86 bits per heavy atom. The van der Waals surface area contributed by atoms with E-state index in [4.69, 9.17) is 4.74 Å². The molecule has 0 radical (unpaired) electrons. The van der Waals surface area contributed by atoms with E-state index in [1.165, 1.54) is 22.2 Å². The quantitative estimate of drug-likeness (QED) is 0.536. The molecular formula is C22H19N3O3S. The number of thiophene rings is 1. The Kier molecular flexibility index (Phi) is 5.14. The summed E-state index contributed by atoms with van der Waals surface area (Å²) in [7, 11) is 1.58. The number of nitrogens with zero attached hydrogens (tertiary/aromatic N) is 2. The zero-order valence-corrected chi connectivity index (χ0v) is 16.8. The monoisotopic (exact) mass is 405 g/mol. The van der Waals surface area contributed by atoms with E-state index in [2.05, 4.69) is 10.3 Å². The molecule has 0 spiro atoms. The maximum atomic E-state index is 13.2. The van der Waals surface area contributed by atoms with Gasteiger partial charge in [0.05, 0.1) is 18.8 Å². The summed E-state index contributed by atoms with van der Waals surface area (Å²) in [6, 6.07) is 16.0. The second-order valence-electron chi connectivity index (χ2n) is 6.55. The summed E-state index contributed by atoms with van der Waals surface area (Å²) in [5, 5.41) is 5.29. The molecule has 1 atom stereocenters. The number of benzene rings is 2. The van der Waals surface area contributed by atoms with E-state index in [0.29, 0.717) is 21.7 Å². The maximum absolute atomic E-state index is 13.2. The topological polar surface area (TPSA) is 73.2 Å².